The van der Waals surface area contributed by atoms with Crippen LogP contribution in [0.4, 0.5) is 19.0 Å². The predicted molar refractivity (Wildman–Crippen MR) is 215 cm³/mol. The van der Waals surface area contributed by atoms with E-state index < -0.39 is 31.4 Å². The smallest absolute Gasteiger partial charge is 0.319 e. The molecule has 0 amide bonds. The summed E-state index contributed by atoms with van der Waals surface area (Å²) in [4.78, 5) is 18.8. The average Bonchev–Trinajstić information content (AvgIpc) is 3.79. The third kappa shape index (κ3) is 5.84. The van der Waals surface area contributed by atoms with Gasteiger partial charge in [-0.2, -0.15) is 9.97 Å². The minimum atomic E-state index is -2.30. The zero-order valence-corrected chi connectivity index (χ0v) is 34.1. The molecule has 9 rings (SSSR count). The molecule has 9 nitrogen and oxygen atoms in total. The number of halogens is 3. The average molecular weight is 785 g/mol. The number of hydrogen-bond donors (Lipinski definition) is 2. The summed E-state index contributed by atoms with van der Waals surface area (Å²) in [7, 11) is -2.30. The maximum Gasteiger partial charge on any atom is 0.319 e. The molecule has 0 spiro atoms. The van der Waals surface area contributed by atoms with Crippen molar-refractivity contribution >= 4 is 35.6 Å². The first kappa shape index (κ1) is 37.5. The highest BCUT2D eigenvalue weighted by Crippen LogP contribution is 2.46. The number of phenols is 1. The fourth-order valence-electron chi connectivity index (χ4n) is 11.1. The van der Waals surface area contributed by atoms with E-state index in [0.717, 1.165) is 32.2 Å². The first-order chi connectivity index (χ1) is 26.8. The van der Waals surface area contributed by atoms with Gasteiger partial charge in [-0.1, -0.05) is 53.5 Å². The Balaban J connectivity index is 1.25. The molecule has 2 aromatic heterocycles. The van der Waals surface area contributed by atoms with Gasteiger partial charge in [-0.05, 0) is 72.4 Å². The molecule has 2 bridgehead atoms. The van der Waals surface area contributed by atoms with Crippen LogP contribution in [-0.2, 0) is 0 Å². The van der Waals surface area contributed by atoms with Gasteiger partial charge in [-0.15, -0.1) is 5.54 Å². The number of piperazine rings is 1. The molecule has 5 atom stereocenters. The molecule has 5 aliphatic rings. The van der Waals surface area contributed by atoms with E-state index in [0.29, 0.717) is 58.1 Å². The van der Waals surface area contributed by atoms with Crippen LogP contribution < -0.4 is 19.7 Å². The largest absolute Gasteiger partial charge is 0.508 e. The first-order valence-corrected chi connectivity index (χ1v) is 22.6. The normalized spacial score (nSPS) is 25.8. The zero-order chi connectivity index (χ0) is 39.3. The monoisotopic (exact) mass is 784 g/mol. The fraction of sp³-hybridized carbons (Fsp3) is 0.558. The Kier molecular flexibility index (Phi) is 9.21. The van der Waals surface area contributed by atoms with Crippen LogP contribution in [-0.4, -0.2) is 95.7 Å². The number of hydrogen-bond acceptors (Lipinski definition) is 9. The van der Waals surface area contributed by atoms with Crippen LogP contribution in [0.25, 0.3) is 32.9 Å². The van der Waals surface area contributed by atoms with Crippen molar-refractivity contribution in [2.75, 3.05) is 37.7 Å². The summed E-state index contributed by atoms with van der Waals surface area (Å²) in [5, 5.41) is 16.0. The van der Waals surface area contributed by atoms with Gasteiger partial charge in [0, 0.05) is 42.5 Å². The number of nitrogens with zero attached hydrogens (tertiary/aromatic N) is 5. The molecule has 4 aromatic rings. The number of fused-ring (bicyclic) bond motifs is 7. The predicted octanol–water partition coefficient (Wildman–Crippen LogP) is 8.06. The van der Waals surface area contributed by atoms with Crippen molar-refractivity contribution in [3.8, 4) is 40.4 Å². The lowest BCUT2D eigenvalue weighted by Gasteiger charge is -2.40. The number of aromatic nitrogens is 3. The summed E-state index contributed by atoms with van der Waals surface area (Å²) >= 11 is 0. The van der Waals surface area contributed by atoms with E-state index in [9.17, 15) is 9.50 Å². The second-order valence-electron chi connectivity index (χ2n) is 17.7. The van der Waals surface area contributed by atoms with Crippen LogP contribution in [0.2, 0.25) is 16.6 Å². The Bertz CT molecular complexity index is 2270. The Hall–Kier alpha value is -4.12. The second-order valence-corrected chi connectivity index (χ2v) is 23.3. The molecule has 2 aromatic carbocycles. The molecule has 56 heavy (non-hydrogen) atoms. The number of phenolic OH excluding ortho intramolecular Hbond substituents is 1. The van der Waals surface area contributed by atoms with Crippen LogP contribution in [0.3, 0.4) is 0 Å². The van der Waals surface area contributed by atoms with E-state index in [4.69, 9.17) is 24.4 Å². The number of rotatable bonds is 7. The SMILES string of the molecule is CC(C)[Si](C#Cc1c(F)ccc2cc(O)cc(-c3nc4c5c(nc(OC[C@@]67CCCN6C[C@H](F)C7)nc5c3F)N3C[C@@H]5CC[C@@H](N5)[C@@H]3CO4)c12)(C(C)C)C(C)C. The second kappa shape index (κ2) is 13.8. The Morgan fingerprint density at radius 3 is 2.59 bits per heavy atom. The van der Waals surface area contributed by atoms with Gasteiger partial charge in [0.05, 0.1) is 17.1 Å². The van der Waals surface area contributed by atoms with Crippen molar-refractivity contribution in [2.45, 2.75) is 120 Å². The number of aromatic hydroxyl groups is 1. The number of nitrogens with one attached hydrogen (secondary N) is 1. The van der Waals surface area contributed by atoms with Gasteiger partial charge in [0.25, 0.3) is 0 Å². The molecular formula is C43H51F3N6O3Si. The van der Waals surface area contributed by atoms with E-state index in [1.54, 1.807) is 6.07 Å². The number of anilines is 1. The molecule has 4 saturated heterocycles. The summed E-state index contributed by atoms with van der Waals surface area (Å²) in [6.07, 6.45) is 3.18. The van der Waals surface area contributed by atoms with Crippen LogP contribution >= 0.6 is 0 Å². The van der Waals surface area contributed by atoms with Crippen molar-refractivity contribution in [1.29, 1.82) is 0 Å². The Morgan fingerprint density at radius 1 is 1.04 bits per heavy atom. The van der Waals surface area contributed by atoms with Crippen molar-refractivity contribution in [1.82, 2.24) is 25.2 Å². The molecule has 13 heteroatoms. The van der Waals surface area contributed by atoms with Crippen molar-refractivity contribution in [3.63, 3.8) is 0 Å². The maximum absolute atomic E-state index is 17.6. The third-order valence-electron chi connectivity index (χ3n) is 13.7. The maximum atomic E-state index is 17.6. The van der Waals surface area contributed by atoms with Crippen LogP contribution in [0, 0.1) is 23.1 Å². The standard InChI is InChI=1S/C43H51F3N6O3Si/c1-23(2)56(24(3)4,25(5)6)15-12-30-32(45)10-8-26-16-29(53)17-31(35(26)30)38-37(46)39-36-40(52-20-28-9-11-33(47-28)34(52)21-54-41(36)48-38)50-42(49-39)55-22-43-13-7-14-51(43)19-27(44)18-43/h8,10,16-17,23-25,27-28,33-34,47,53H,7,9,11,13-14,18-22H2,1-6H3/t27-,28+,33-,34+,43+/m1/s1. The van der Waals surface area contributed by atoms with Gasteiger partial charge in [-0.25, -0.2) is 18.2 Å². The zero-order valence-electron chi connectivity index (χ0n) is 33.1. The Morgan fingerprint density at radius 2 is 1.82 bits per heavy atom. The van der Waals surface area contributed by atoms with Crippen molar-refractivity contribution in [3.05, 3.63) is 41.5 Å². The van der Waals surface area contributed by atoms with Crippen molar-refractivity contribution < 1.29 is 27.8 Å². The van der Waals surface area contributed by atoms with Gasteiger partial charge in [0.15, 0.2) is 5.82 Å². The molecule has 2 N–H and O–H groups in total. The van der Waals surface area contributed by atoms with Crippen LogP contribution in [0.5, 0.6) is 17.6 Å². The molecule has 7 heterocycles. The van der Waals surface area contributed by atoms with Crippen LogP contribution in [0.15, 0.2) is 24.3 Å². The van der Waals surface area contributed by atoms with Crippen molar-refractivity contribution in [2.24, 2.45) is 0 Å². The molecule has 0 radical (unpaired) electrons. The topological polar surface area (TPSA) is 95.9 Å². The van der Waals surface area contributed by atoms with Crippen LogP contribution in [0.1, 0.15) is 79.2 Å². The fourth-order valence-corrected chi connectivity index (χ4v) is 16.4. The number of alkyl halides is 1. The lowest BCUT2D eigenvalue weighted by molar-refractivity contribution is 0.107. The van der Waals surface area contributed by atoms with E-state index in [1.165, 1.54) is 18.2 Å². The molecule has 4 fully saturated rings. The summed E-state index contributed by atoms with van der Waals surface area (Å²) in [6.45, 7) is 15.5. The first-order valence-electron chi connectivity index (χ1n) is 20.4. The van der Waals surface area contributed by atoms with E-state index in [-0.39, 0.29) is 71.3 Å². The van der Waals surface area contributed by atoms with Gasteiger partial charge < -0.3 is 24.8 Å². The number of ether oxygens (including phenoxy) is 2. The van der Waals surface area contributed by atoms with E-state index in [2.05, 4.69) is 68.1 Å². The highest BCUT2D eigenvalue weighted by Gasteiger charge is 2.50. The highest BCUT2D eigenvalue weighted by atomic mass is 28.3. The Labute approximate surface area is 327 Å². The lowest BCUT2D eigenvalue weighted by atomic mass is 9.95. The minimum absolute atomic E-state index is 0.000264. The summed E-state index contributed by atoms with van der Waals surface area (Å²) in [6, 6.07) is 6.16. The minimum Gasteiger partial charge on any atom is -0.508 e. The lowest BCUT2D eigenvalue weighted by Crippen LogP contribution is -2.60. The van der Waals surface area contributed by atoms with Gasteiger partial charge in [-0.3, -0.25) is 4.90 Å². The van der Waals surface area contributed by atoms with E-state index >= 15 is 8.78 Å². The third-order valence-corrected chi connectivity index (χ3v) is 20.0. The van der Waals surface area contributed by atoms with E-state index in [1.807, 2.05) is 0 Å². The quantitative estimate of drug-likeness (QED) is 0.143. The molecule has 0 aliphatic carbocycles. The summed E-state index contributed by atoms with van der Waals surface area (Å²) in [5.74, 6) is 2.51. The van der Waals surface area contributed by atoms with Gasteiger partial charge >= 0.3 is 6.01 Å². The molecule has 0 saturated carbocycles. The highest BCUT2D eigenvalue weighted by molar-refractivity contribution is 6.90. The number of benzene rings is 2. The number of pyridine rings is 1. The molecular weight excluding hydrogens is 734 g/mol. The summed E-state index contributed by atoms with van der Waals surface area (Å²) in [5.41, 5.74) is 4.24. The molecule has 5 aliphatic heterocycles. The summed E-state index contributed by atoms with van der Waals surface area (Å²) < 4.78 is 61.4. The van der Waals surface area contributed by atoms with Gasteiger partial charge in [0.2, 0.25) is 5.88 Å². The molecule has 0 unspecified atom stereocenters. The molecule has 296 valence electrons. The van der Waals surface area contributed by atoms with Gasteiger partial charge in [0.1, 0.15) is 61.4 Å².